The third-order valence-electron chi connectivity index (χ3n) is 5.04. The van der Waals surface area contributed by atoms with Crippen LogP contribution in [0.5, 0.6) is 0 Å². The number of benzene rings is 2. The fourth-order valence-corrected chi connectivity index (χ4v) is 4.82. The van der Waals surface area contributed by atoms with Crippen LogP contribution in [0.2, 0.25) is 10.0 Å². The average Bonchev–Trinajstić information content (AvgIpc) is 3.21. The van der Waals surface area contributed by atoms with E-state index in [9.17, 15) is 8.42 Å². The molecule has 1 unspecified atom stereocenters. The van der Waals surface area contributed by atoms with Crippen molar-refractivity contribution in [3.8, 4) is 11.3 Å². The minimum Gasteiger partial charge on any atom is -0.353 e. The van der Waals surface area contributed by atoms with Crippen molar-refractivity contribution in [1.29, 1.82) is 0 Å². The Morgan fingerprint density at radius 3 is 2.62 bits per heavy atom. The van der Waals surface area contributed by atoms with Gasteiger partial charge < -0.3 is 9.47 Å². The van der Waals surface area contributed by atoms with Crippen molar-refractivity contribution < 1.29 is 17.9 Å². The number of sulfonamides is 1. The Balaban J connectivity index is 1.53. The Morgan fingerprint density at radius 2 is 1.91 bits per heavy atom. The molecule has 0 radical (unpaired) electrons. The number of aromatic nitrogens is 2. The zero-order chi connectivity index (χ0) is 22.6. The molecular weight excluding hydrogens is 473 g/mol. The van der Waals surface area contributed by atoms with Crippen LogP contribution in [-0.2, 0) is 32.8 Å². The minimum atomic E-state index is -3.74. The van der Waals surface area contributed by atoms with Crippen molar-refractivity contribution in [3.63, 3.8) is 0 Å². The van der Waals surface area contributed by atoms with Crippen LogP contribution in [0.4, 0.5) is 0 Å². The maximum absolute atomic E-state index is 12.6. The number of nitrogens with one attached hydrogen (secondary N) is 1. The van der Waals surface area contributed by atoms with E-state index in [-0.39, 0.29) is 24.5 Å². The van der Waals surface area contributed by atoms with E-state index in [0.29, 0.717) is 22.3 Å². The molecule has 7 nitrogen and oxygen atoms in total. The first kappa shape index (κ1) is 23.2. The molecule has 2 heterocycles. The summed E-state index contributed by atoms with van der Waals surface area (Å²) in [6.07, 6.45) is 2.67. The molecule has 1 aromatic heterocycles. The molecule has 1 saturated heterocycles. The number of hydrogen-bond acceptors (Lipinski definition) is 5. The average molecular weight is 496 g/mol. The molecule has 3 aromatic rings. The molecule has 1 aliphatic rings. The van der Waals surface area contributed by atoms with Crippen molar-refractivity contribution in [2.45, 2.75) is 43.7 Å². The van der Waals surface area contributed by atoms with Crippen LogP contribution in [0.1, 0.15) is 25.0 Å². The molecule has 0 aliphatic carbocycles. The van der Waals surface area contributed by atoms with E-state index in [1.54, 1.807) is 28.9 Å². The number of hydrogen-bond donors (Lipinski definition) is 1. The smallest absolute Gasteiger partial charge is 0.240 e. The molecule has 1 N–H and O–H groups in total. The molecule has 1 atom stereocenters. The normalized spacial score (nSPS) is 16.9. The molecule has 2 aromatic carbocycles. The molecule has 1 fully saturated rings. The van der Waals surface area contributed by atoms with Gasteiger partial charge in [0.15, 0.2) is 6.29 Å². The lowest BCUT2D eigenvalue weighted by Crippen LogP contribution is -2.24. The summed E-state index contributed by atoms with van der Waals surface area (Å²) in [5.41, 5.74) is 2.22. The predicted octanol–water partition coefficient (Wildman–Crippen LogP) is 4.84. The Morgan fingerprint density at radius 1 is 1.09 bits per heavy atom. The van der Waals surface area contributed by atoms with Gasteiger partial charge in [0.1, 0.15) is 6.73 Å². The second kappa shape index (κ2) is 10.3. The van der Waals surface area contributed by atoms with E-state index < -0.39 is 10.0 Å². The molecule has 32 heavy (non-hydrogen) atoms. The van der Waals surface area contributed by atoms with Gasteiger partial charge in [-0.2, -0.15) is 5.10 Å². The molecule has 0 amide bonds. The van der Waals surface area contributed by atoms with Crippen LogP contribution in [0.25, 0.3) is 11.3 Å². The van der Waals surface area contributed by atoms with Gasteiger partial charge in [-0.25, -0.2) is 17.8 Å². The zero-order valence-electron chi connectivity index (χ0n) is 17.2. The van der Waals surface area contributed by atoms with Crippen molar-refractivity contribution in [2.75, 3.05) is 6.61 Å². The maximum atomic E-state index is 12.6. The largest absolute Gasteiger partial charge is 0.353 e. The summed E-state index contributed by atoms with van der Waals surface area (Å²) in [4.78, 5) is 0.0973. The Kier molecular flexibility index (Phi) is 7.50. The fourth-order valence-electron chi connectivity index (χ4n) is 3.39. The van der Waals surface area contributed by atoms with Crippen LogP contribution in [0.3, 0.4) is 0 Å². The predicted molar refractivity (Wildman–Crippen MR) is 123 cm³/mol. The molecule has 0 bridgehead atoms. The van der Waals surface area contributed by atoms with Gasteiger partial charge in [-0.15, -0.1) is 0 Å². The molecule has 10 heteroatoms. The third kappa shape index (κ3) is 5.89. The SMILES string of the molecule is O=S(=O)(NCc1cc(-c2ccc(Cl)cc2)n(COC2CCCCO2)n1)c1cccc(Cl)c1. The lowest BCUT2D eigenvalue weighted by molar-refractivity contribution is -0.182. The summed E-state index contributed by atoms with van der Waals surface area (Å²) in [5.74, 6) is 0. The van der Waals surface area contributed by atoms with Crippen LogP contribution in [-0.4, -0.2) is 31.1 Å². The van der Waals surface area contributed by atoms with Crippen molar-refractivity contribution in [2.24, 2.45) is 0 Å². The topological polar surface area (TPSA) is 82.5 Å². The van der Waals surface area contributed by atoms with Gasteiger partial charge in [-0.3, -0.25) is 0 Å². The van der Waals surface area contributed by atoms with Crippen molar-refractivity contribution >= 4 is 33.2 Å². The van der Waals surface area contributed by atoms with E-state index in [1.165, 1.54) is 12.1 Å². The molecule has 1 aliphatic heterocycles. The van der Waals surface area contributed by atoms with Gasteiger partial charge in [0.2, 0.25) is 10.0 Å². The molecule has 4 rings (SSSR count). The Hall–Kier alpha value is -1.94. The van der Waals surface area contributed by atoms with Gasteiger partial charge >= 0.3 is 0 Å². The van der Waals surface area contributed by atoms with E-state index in [4.69, 9.17) is 32.7 Å². The van der Waals surface area contributed by atoms with Gasteiger partial charge in [-0.1, -0.05) is 41.4 Å². The lowest BCUT2D eigenvalue weighted by atomic mass is 10.1. The van der Waals surface area contributed by atoms with E-state index in [2.05, 4.69) is 9.82 Å². The van der Waals surface area contributed by atoms with Gasteiger partial charge in [0.25, 0.3) is 0 Å². The third-order valence-corrected chi connectivity index (χ3v) is 6.93. The standard InChI is InChI=1S/C22H23Cl2N3O4S/c23-17-9-7-16(8-10-17)21-13-19(26-27(21)15-31-22-6-1-2-11-30-22)14-25-32(28,29)20-5-3-4-18(24)12-20/h3-5,7-10,12-13,22,25H,1-2,6,11,14-15H2. The summed E-state index contributed by atoms with van der Waals surface area (Å²) < 4.78 is 41.1. The van der Waals surface area contributed by atoms with Crippen molar-refractivity contribution in [1.82, 2.24) is 14.5 Å². The first-order chi connectivity index (χ1) is 15.4. The fraction of sp³-hybridized carbons (Fsp3) is 0.318. The van der Waals surface area contributed by atoms with Gasteiger partial charge in [-0.05, 0) is 55.7 Å². The second-order valence-electron chi connectivity index (χ2n) is 7.40. The highest BCUT2D eigenvalue weighted by atomic mass is 35.5. The molecule has 170 valence electrons. The van der Waals surface area contributed by atoms with Gasteiger partial charge in [0, 0.05) is 22.2 Å². The van der Waals surface area contributed by atoms with Crippen LogP contribution >= 0.6 is 23.2 Å². The highest BCUT2D eigenvalue weighted by Gasteiger charge is 2.18. The molecule has 0 saturated carbocycles. The first-order valence-corrected chi connectivity index (χ1v) is 12.5. The molecule has 0 spiro atoms. The number of ether oxygens (including phenoxy) is 2. The van der Waals surface area contributed by atoms with Crippen LogP contribution in [0.15, 0.2) is 59.5 Å². The second-order valence-corrected chi connectivity index (χ2v) is 10.0. The Labute approximate surface area is 197 Å². The summed E-state index contributed by atoms with van der Waals surface area (Å²) in [5, 5.41) is 5.54. The number of halogens is 2. The number of rotatable bonds is 8. The Bertz CT molecular complexity index is 1160. The summed E-state index contributed by atoms with van der Waals surface area (Å²) >= 11 is 12.0. The summed E-state index contributed by atoms with van der Waals surface area (Å²) in [6, 6.07) is 15.3. The molecular formula is C22H23Cl2N3O4S. The van der Waals surface area contributed by atoms with Crippen molar-refractivity contribution in [3.05, 3.63) is 70.3 Å². The quantitative estimate of drug-likeness (QED) is 0.483. The highest BCUT2D eigenvalue weighted by Crippen LogP contribution is 2.24. The zero-order valence-corrected chi connectivity index (χ0v) is 19.5. The monoisotopic (exact) mass is 495 g/mol. The van der Waals surface area contributed by atoms with E-state index in [0.717, 1.165) is 30.5 Å². The van der Waals surface area contributed by atoms with Gasteiger partial charge in [0.05, 0.1) is 22.8 Å². The van der Waals surface area contributed by atoms with Crippen LogP contribution in [0, 0.1) is 0 Å². The first-order valence-electron chi connectivity index (χ1n) is 10.2. The van der Waals surface area contributed by atoms with E-state index in [1.807, 2.05) is 18.2 Å². The maximum Gasteiger partial charge on any atom is 0.240 e. The number of nitrogens with zero attached hydrogens (tertiary/aromatic N) is 2. The summed E-state index contributed by atoms with van der Waals surface area (Å²) in [6.45, 7) is 0.885. The highest BCUT2D eigenvalue weighted by molar-refractivity contribution is 7.89. The minimum absolute atomic E-state index is 0.0162. The van der Waals surface area contributed by atoms with Crippen LogP contribution < -0.4 is 4.72 Å². The van der Waals surface area contributed by atoms with E-state index >= 15 is 0 Å². The summed E-state index contributed by atoms with van der Waals surface area (Å²) in [7, 11) is -3.74. The lowest BCUT2D eigenvalue weighted by Gasteiger charge is -2.23.